The Morgan fingerprint density at radius 1 is 1.47 bits per heavy atom. The number of rotatable bonds is 5. The molecule has 1 aromatic carbocycles. The second kappa shape index (κ2) is 7.05. The van der Waals surface area contributed by atoms with Crippen molar-refractivity contribution in [1.29, 1.82) is 5.39 Å². The van der Waals surface area contributed by atoms with E-state index in [1.807, 2.05) is 6.26 Å². The molecule has 17 heavy (non-hydrogen) atoms. The molecule has 0 atom stereocenters. The summed E-state index contributed by atoms with van der Waals surface area (Å²) in [6, 6.07) is 6.53. The van der Waals surface area contributed by atoms with Gasteiger partial charge in [-0.3, -0.25) is 0 Å². The molecule has 1 aromatic rings. The number of aliphatic hydroxyl groups is 1. The molecule has 0 aliphatic heterocycles. The molecule has 0 aromatic heterocycles. The van der Waals surface area contributed by atoms with Crippen LogP contribution in [0.15, 0.2) is 30.2 Å². The molecule has 0 fully saturated rings. The van der Waals surface area contributed by atoms with E-state index in [0.29, 0.717) is 17.2 Å². The maximum absolute atomic E-state index is 9.62. The number of ether oxygens (including phenoxy) is 1. The van der Waals surface area contributed by atoms with E-state index in [0.717, 1.165) is 5.75 Å². The molecular formula is C11H12ClN2O2S+. The Morgan fingerprint density at radius 3 is 2.65 bits per heavy atom. The Hall–Kier alpha value is -1.38. The van der Waals surface area contributed by atoms with Gasteiger partial charge in [0, 0.05) is 10.8 Å². The molecule has 0 spiro atoms. The van der Waals surface area contributed by atoms with Crippen LogP contribution in [0.3, 0.4) is 0 Å². The summed E-state index contributed by atoms with van der Waals surface area (Å²) >= 11 is 7.33. The standard InChI is InChI=1S/C11H11ClN2O2S/c1-17-7-6-16-11(15)10(14-13)8-2-4-9(12)5-3-8/h2-5H,6-7H2,1H3/p+1/b11-10-. The summed E-state index contributed by atoms with van der Waals surface area (Å²) in [5.41, 5.74) is 0.515. The van der Waals surface area contributed by atoms with Gasteiger partial charge < -0.3 is 9.84 Å². The predicted molar refractivity (Wildman–Crippen MR) is 70.4 cm³/mol. The van der Waals surface area contributed by atoms with E-state index in [2.05, 4.69) is 4.98 Å². The van der Waals surface area contributed by atoms with Gasteiger partial charge in [-0.15, -0.1) is 0 Å². The van der Waals surface area contributed by atoms with Crippen molar-refractivity contribution < 1.29 is 9.84 Å². The first kappa shape index (κ1) is 13.7. The molecule has 1 N–H and O–H groups in total. The highest BCUT2D eigenvalue weighted by Gasteiger charge is 2.23. The van der Waals surface area contributed by atoms with Crippen LogP contribution in [0.5, 0.6) is 0 Å². The number of halogens is 1. The summed E-state index contributed by atoms with van der Waals surface area (Å²) in [6.45, 7) is 0.347. The van der Waals surface area contributed by atoms with Crippen molar-refractivity contribution in [3.05, 3.63) is 45.8 Å². The number of nitrogens with zero attached hydrogens (tertiary/aromatic N) is 2. The van der Waals surface area contributed by atoms with Gasteiger partial charge in [0.05, 0.1) is 5.56 Å². The molecule has 0 bridgehead atoms. The second-order valence-electron chi connectivity index (χ2n) is 3.10. The summed E-state index contributed by atoms with van der Waals surface area (Å²) in [5, 5.41) is 19.0. The normalized spacial score (nSPS) is 11.6. The third-order valence-electron chi connectivity index (χ3n) is 1.95. The van der Waals surface area contributed by atoms with E-state index < -0.39 is 5.95 Å². The molecule has 0 saturated carbocycles. The van der Waals surface area contributed by atoms with Crippen LogP contribution in [-0.4, -0.2) is 23.7 Å². The van der Waals surface area contributed by atoms with Crippen molar-refractivity contribution >= 4 is 29.1 Å². The minimum absolute atomic E-state index is 0.0113. The van der Waals surface area contributed by atoms with Gasteiger partial charge in [0.15, 0.2) is 4.98 Å². The van der Waals surface area contributed by atoms with Gasteiger partial charge in [0.1, 0.15) is 6.61 Å². The van der Waals surface area contributed by atoms with Crippen LogP contribution in [0.25, 0.3) is 10.7 Å². The zero-order valence-corrected chi connectivity index (χ0v) is 10.8. The Bertz CT molecular complexity index is 440. The molecule has 0 aliphatic rings. The van der Waals surface area contributed by atoms with Gasteiger partial charge in [0.2, 0.25) is 5.39 Å². The minimum atomic E-state index is -0.399. The average Bonchev–Trinajstić information content (AvgIpc) is 2.33. The molecule has 0 radical (unpaired) electrons. The van der Waals surface area contributed by atoms with Crippen LogP contribution in [0.1, 0.15) is 5.56 Å². The number of diazo groups is 1. The van der Waals surface area contributed by atoms with Gasteiger partial charge in [-0.2, -0.15) is 11.8 Å². The largest absolute Gasteiger partial charge is 0.475 e. The SMILES string of the molecule is CSCCO/C(O)=C(\[N+]#N)c1ccc(Cl)cc1. The molecule has 90 valence electrons. The monoisotopic (exact) mass is 271 g/mol. The fourth-order valence-electron chi connectivity index (χ4n) is 1.12. The molecule has 0 aliphatic carbocycles. The van der Waals surface area contributed by atoms with Crippen molar-refractivity contribution in [2.45, 2.75) is 0 Å². The molecule has 0 heterocycles. The molecule has 4 nitrogen and oxygen atoms in total. The predicted octanol–water partition coefficient (Wildman–Crippen LogP) is 3.76. The summed E-state index contributed by atoms with van der Waals surface area (Å²) in [5.74, 6) is 0.340. The second-order valence-corrected chi connectivity index (χ2v) is 4.52. The lowest BCUT2D eigenvalue weighted by molar-refractivity contribution is 0.107. The van der Waals surface area contributed by atoms with Crippen molar-refractivity contribution in [3.63, 3.8) is 0 Å². The smallest absolute Gasteiger partial charge is 0.471 e. The fourth-order valence-corrected chi connectivity index (χ4v) is 1.50. The van der Waals surface area contributed by atoms with E-state index in [9.17, 15) is 5.11 Å². The van der Waals surface area contributed by atoms with Gasteiger partial charge in [0.25, 0.3) is 0 Å². The average molecular weight is 272 g/mol. The molecular weight excluding hydrogens is 260 g/mol. The lowest BCUT2D eigenvalue weighted by atomic mass is 10.2. The maximum atomic E-state index is 9.62. The molecule has 1 rings (SSSR count). The highest BCUT2D eigenvalue weighted by Crippen LogP contribution is 2.21. The van der Waals surface area contributed by atoms with Crippen LogP contribution >= 0.6 is 23.4 Å². The zero-order chi connectivity index (χ0) is 12.7. The van der Waals surface area contributed by atoms with Crippen molar-refractivity contribution in [2.75, 3.05) is 18.6 Å². The Morgan fingerprint density at radius 2 is 2.12 bits per heavy atom. The fraction of sp³-hybridized carbons (Fsp3) is 0.273. The lowest BCUT2D eigenvalue weighted by Gasteiger charge is -2.00. The van der Waals surface area contributed by atoms with Crippen LogP contribution in [0, 0.1) is 5.39 Å². The van der Waals surface area contributed by atoms with Gasteiger partial charge in [-0.1, -0.05) is 11.6 Å². The molecule has 0 saturated heterocycles. The van der Waals surface area contributed by atoms with Crippen LogP contribution in [0.4, 0.5) is 0 Å². The van der Waals surface area contributed by atoms with Crippen LogP contribution in [-0.2, 0) is 4.74 Å². The summed E-state index contributed by atoms with van der Waals surface area (Å²) in [7, 11) is 0. The van der Waals surface area contributed by atoms with Crippen LogP contribution in [0.2, 0.25) is 5.02 Å². The van der Waals surface area contributed by atoms with Crippen molar-refractivity contribution in [2.24, 2.45) is 0 Å². The lowest BCUT2D eigenvalue weighted by Crippen LogP contribution is -1.99. The number of thioether (sulfide) groups is 1. The first-order valence-electron chi connectivity index (χ1n) is 4.85. The Kier molecular flexibility index (Phi) is 5.67. The number of benzene rings is 1. The quantitative estimate of drug-likeness (QED) is 0.503. The minimum Gasteiger partial charge on any atom is -0.475 e. The summed E-state index contributed by atoms with van der Waals surface area (Å²) < 4.78 is 5.05. The van der Waals surface area contributed by atoms with Gasteiger partial charge >= 0.3 is 11.6 Å². The van der Waals surface area contributed by atoms with Crippen LogP contribution < -0.4 is 0 Å². The van der Waals surface area contributed by atoms with Gasteiger partial charge in [-0.25, -0.2) is 0 Å². The molecule has 0 amide bonds. The Balaban J connectivity index is 2.86. The first-order chi connectivity index (χ1) is 8.19. The highest BCUT2D eigenvalue weighted by atomic mass is 35.5. The molecule has 6 heteroatoms. The molecule has 0 unspecified atom stereocenters. The third-order valence-corrected chi connectivity index (χ3v) is 2.77. The first-order valence-corrected chi connectivity index (χ1v) is 6.62. The van der Waals surface area contributed by atoms with E-state index >= 15 is 0 Å². The number of aliphatic hydroxyl groups excluding tert-OH is 1. The summed E-state index contributed by atoms with van der Waals surface area (Å²) in [6.07, 6.45) is 1.93. The maximum Gasteiger partial charge on any atom is 0.471 e. The van der Waals surface area contributed by atoms with Crippen molar-refractivity contribution in [1.82, 2.24) is 0 Å². The van der Waals surface area contributed by atoms with E-state index in [-0.39, 0.29) is 5.70 Å². The number of hydrogen-bond donors (Lipinski definition) is 1. The van der Waals surface area contributed by atoms with E-state index in [1.54, 1.807) is 36.0 Å². The summed E-state index contributed by atoms with van der Waals surface area (Å²) in [4.78, 5) is 3.02. The topological polar surface area (TPSA) is 57.6 Å². The van der Waals surface area contributed by atoms with Crippen molar-refractivity contribution in [3.8, 4) is 0 Å². The van der Waals surface area contributed by atoms with E-state index in [4.69, 9.17) is 21.7 Å². The third kappa shape index (κ3) is 4.17. The van der Waals surface area contributed by atoms with E-state index in [1.165, 1.54) is 0 Å². The zero-order valence-electron chi connectivity index (χ0n) is 9.26. The Labute approximate surface area is 109 Å². The van der Waals surface area contributed by atoms with Gasteiger partial charge in [-0.05, 0) is 30.5 Å². The number of hydrogen-bond acceptors (Lipinski definition) is 4. The highest BCUT2D eigenvalue weighted by molar-refractivity contribution is 7.98.